The lowest BCUT2D eigenvalue weighted by Gasteiger charge is -2.18. The molecular weight excluding hydrogens is 310 g/mol. The molecule has 0 bridgehead atoms. The number of halogens is 1. The van der Waals surface area contributed by atoms with Crippen LogP contribution >= 0.6 is 11.6 Å². The van der Waals surface area contributed by atoms with Crippen molar-refractivity contribution in [2.45, 2.75) is 40.2 Å². The summed E-state index contributed by atoms with van der Waals surface area (Å²) in [7, 11) is 0. The predicted octanol–water partition coefficient (Wildman–Crippen LogP) is 4.93. The second kappa shape index (κ2) is 7.51. The van der Waals surface area contributed by atoms with E-state index in [1.807, 2.05) is 38.1 Å². The minimum absolute atomic E-state index is 0.164. The summed E-state index contributed by atoms with van der Waals surface area (Å²) in [6.45, 7) is 7.71. The molecule has 0 aliphatic rings. The van der Waals surface area contributed by atoms with Crippen LogP contribution in [0, 0.1) is 13.8 Å². The lowest BCUT2D eigenvalue weighted by molar-refractivity contribution is -0.122. The molecule has 1 N–H and O–H groups in total. The van der Waals surface area contributed by atoms with Gasteiger partial charge in [0.15, 0.2) is 6.10 Å². The summed E-state index contributed by atoms with van der Waals surface area (Å²) in [6.07, 6.45) is 0.266. The first-order valence-corrected chi connectivity index (χ1v) is 8.12. The average molecular weight is 332 g/mol. The molecule has 0 saturated heterocycles. The highest BCUT2D eigenvalue weighted by molar-refractivity contribution is 6.30. The van der Waals surface area contributed by atoms with Crippen molar-refractivity contribution < 1.29 is 9.53 Å². The van der Waals surface area contributed by atoms with Crippen LogP contribution in [0.15, 0.2) is 36.4 Å². The van der Waals surface area contributed by atoms with Crippen LogP contribution in [0.2, 0.25) is 5.02 Å². The summed E-state index contributed by atoms with van der Waals surface area (Å²) in [6, 6.07) is 11.4. The number of hydrogen-bond acceptors (Lipinski definition) is 2. The van der Waals surface area contributed by atoms with Gasteiger partial charge in [-0.1, -0.05) is 36.7 Å². The van der Waals surface area contributed by atoms with Gasteiger partial charge in [-0.15, -0.1) is 0 Å². The van der Waals surface area contributed by atoms with Gasteiger partial charge in [-0.05, 0) is 62.1 Å². The SMILES string of the molecule is CCc1cccc(C)c1NC(=O)[C@@H](C)Oc1ccc(Cl)cc1C. The van der Waals surface area contributed by atoms with E-state index in [-0.39, 0.29) is 5.91 Å². The molecule has 1 amide bonds. The summed E-state index contributed by atoms with van der Waals surface area (Å²) in [5.41, 5.74) is 3.95. The lowest BCUT2D eigenvalue weighted by Crippen LogP contribution is -2.31. The molecule has 2 rings (SSSR count). The Morgan fingerprint density at radius 2 is 1.96 bits per heavy atom. The number of amides is 1. The van der Waals surface area contributed by atoms with Crippen LogP contribution in [0.3, 0.4) is 0 Å². The lowest BCUT2D eigenvalue weighted by atomic mass is 10.1. The summed E-state index contributed by atoms with van der Waals surface area (Å²) < 4.78 is 5.78. The standard InChI is InChI=1S/C19H22ClNO2/c1-5-15-8-6-7-12(2)18(15)21-19(22)14(4)23-17-10-9-16(20)11-13(17)3/h6-11,14H,5H2,1-4H3,(H,21,22)/t14-/m1/s1. The monoisotopic (exact) mass is 331 g/mol. The fourth-order valence-corrected chi connectivity index (χ4v) is 2.64. The minimum atomic E-state index is -0.598. The number of anilines is 1. The van der Waals surface area contributed by atoms with Gasteiger partial charge in [-0.3, -0.25) is 4.79 Å². The normalized spacial score (nSPS) is 11.9. The molecule has 0 radical (unpaired) electrons. The van der Waals surface area contributed by atoms with Crippen molar-refractivity contribution in [3.8, 4) is 5.75 Å². The van der Waals surface area contributed by atoms with Crippen LogP contribution in [0.4, 0.5) is 5.69 Å². The second-order valence-corrected chi connectivity index (χ2v) is 6.06. The zero-order valence-electron chi connectivity index (χ0n) is 13.9. The molecule has 0 heterocycles. The first-order valence-electron chi connectivity index (χ1n) is 7.74. The third kappa shape index (κ3) is 4.26. The third-order valence-corrected chi connectivity index (χ3v) is 4.03. The summed E-state index contributed by atoms with van der Waals surface area (Å²) in [4.78, 5) is 12.5. The molecule has 2 aromatic rings. The molecule has 0 aliphatic heterocycles. The Bertz CT molecular complexity index is 713. The van der Waals surface area contributed by atoms with E-state index >= 15 is 0 Å². The molecular formula is C19H22ClNO2. The maximum absolute atomic E-state index is 12.5. The van der Waals surface area contributed by atoms with E-state index in [4.69, 9.17) is 16.3 Å². The van der Waals surface area contributed by atoms with Crippen LogP contribution in [0.1, 0.15) is 30.5 Å². The zero-order chi connectivity index (χ0) is 17.0. The highest BCUT2D eigenvalue weighted by Crippen LogP contribution is 2.24. The van der Waals surface area contributed by atoms with Crippen LogP contribution in [0.25, 0.3) is 0 Å². The second-order valence-electron chi connectivity index (χ2n) is 5.62. The van der Waals surface area contributed by atoms with Crippen molar-refractivity contribution in [1.82, 2.24) is 0 Å². The van der Waals surface area contributed by atoms with Crippen molar-refractivity contribution in [1.29, 1.82) is 0 Å². The molecule has 0 aliphatic carbocycles. The van der Waals surface area contributed by atoms with Gasteiger partial charge in [0.2, 0.25) is 0 Å². The summed E-state index contributed by atoms with van der Waals surface area (Å²) in [5, 5.41) is 3.64. The van der Waals surface area contributed by atoms with E-state index in [1.54, 1.807) is 19.1 Å². The molecule has 122 valence electrons. The Labute approximate surface area is 142 Å². The van der Waals surface area contributed by atoms with Crippen molar-refractivity contribution in [3.05, 3.63) is 58.1 Å². The maximum atomic E-state index is 12.5. The number of nitrogens with one attached hydrogen (secondary N) is 1. The van der Waals surface area contributed by atoms with Crippen LogP contribution < -0.4 is 10.1 Å². The van der Waals surface area contributed by atoms with Gasteiger partial charge in [-0.2, -0.15) is 0 Å². The number of aryl methyl sites for hydroxylation is 3. The number of para-hydroxylation sites is 1. The Morgan fingerprint density at radius 3 is 2.61 bits per heavy atom. The number of hydrogen-bond donors (Lipinski definition) is 1. The van der Waals surface area contributed by atoms with E-state index in [9.17, 15) is 4.79 Å². The Morgan fingerprint density at radius 1 is 1.22 bits per heavy atom. The van der Waals surface area contributed by atoms with Crippen molar-refractivity contribution in [2.24, 2.45) is 0 Å². The van der Waals surface area contributed by atoms with E-state index in [1.165, 1.54) is 0 Å². The molecule has 4 heteroatoms. The van der Waals surface area contributed by atoms with Crippen molar-refractivity contribution in [2.75, 3.05) is 5.32 Å². The number of ether oxygens (including phenoxy) is 1. The molecule has 0 saturated carbocycles. The van der Waals surface area contributed by atoms with Gasteiger partial charge < -0.3 is 10.1 Å². The quantitative estimate of drug-likeness (QED) is 0.844. The highest BCUT2D eigenvalue weighted by Gasteiger charge is 2.18. The minimum Gasteiger partial charge on any atom is -0.481 e. The molecule has 23 heavy (non-hydrogen) atoms. The summed E-state index contributed by atoms with van der Waals surface area (Å²) >= 11 is 5.94. The predicted molar refractivity (Wildman–Crippen MR) is 95.5 cm³/mol. The Hall–Kier alpha value is -2.00. The van der Waals surface area contributed by atoms with Crippen molar-refractivity contribution >= 4 is 23.2 Å². The molecule has 1 atom stereocenters. The van der Waals surface area contributed by atoms with Crippen LogP contribution in [0.5, 0.6) is 5.75 Å². The van der Waals surface area contributed by atoms with E-state index in [2.05, 4.69) is 12.2 Å². The number of rotatable bonds is 5. The molecule has 2 aromatic carbocycles. The van der Waals surface area contributed by atoms with Gasteiger partial charge in [0.05, 0.1) is 0 Å². The smallest absolute Gasteiger partial charge is 0.265 e. The Balaban J connectivity index is 2.12. The number of benzene rings is 2. The van der Waals surface area contributed by atoms with Gasteiger partial charge in [0.1, 0.15) is 5.75 Å². The fourth-order valence-electron chi connectivity index (χ4n) is 2.42. The van der Waals surface area contributed by atoms with Crippen molar-refractivity contribution in [3.63, 3.8) is 0 Å². The van der Waals surface area contributed by atoms with Gasteiger partial charge >= 0.3 is 0 Å². The largest absolute Gasteiger partial charge is 0.481 e. The average Bonchev–Trinajstić information content (AvgIpc) is 2.51. The van der Waals surface area contributed by atoms with Crippen LogP contribution in [-0.4, -0.2) is 12.0 Å². The molecule has 3 nitrogen and oxygen atoms in total. The maximum Gasteiger partial charge on any atom is 0.265 e. The zero-order valence-corrected chi connectivity index (χ0v) is 14.7. The fraction of sp³-hybridized carbons (Fsp3) is 0.316. The molecule has 0 spiro atoms. The van der Waals surface area contributed by atoms with Gasteiger partial charge in [0, 0.05) is 10.7 Å². The molecule has 0 unspecified atom stereocenters. The van der Waals surface area contributed by atoms with Crippen LogP contribution in [-0.2, 0) is 11.2 Å². The molecule has 0 fully saturated rings. The topological polar surface area (TPSA) is 38.3 Å². The first-order chi connectivity index (χ1) is 10.9. The van der Waals surface area contributed by atoms with E-state index in [0.717, 1.165) is 28.8 Å². The number of carbonyl (C=O) groups is 1. The Kier molecular flexibility index (Phi) is 5.67. The highest BCUT2D eigenvalue weighted by atomic mass is 35.5. The van der Waals surface area contributed by atoms with Gasteiger partial charge in [0.25, 0.3) is 5.91 Å². The van der Waals surface area contributed by atoms with Gasteiger partial charge in [-0.25, -0.2) is 0 Å². The first kappa shape index (κ1) is 17.4. The summed E-state index contributed by atoms with van der Waals surface area (Å²) in [5.74, 6) is 0.501. The number of carbonyl (C=O) groups excluding carboxylic acids is 1. The third-order valence-electron chi connectivity index (χ3n) is 3.80. The van der Waals surface area contributed by atoms with E-state index in [0.29, 0.717) is 10.8 Å². The molecule has 0 aromatic heterocycles. The van der Waals surface area contributed by atoms with E-state index < -0.39 is 6.10 Å².